The molecule has 2 amide bonds. The molecule has 0 saturated carbocycles. The molecule has 1 atom stereocenters. The van der Waals surface area contributed by atoms with E-state index in [0.717, 1.165) is 10.6 Å². The number of carbonyl (C=O) groups excluding carboxylic acids is 2. The Balaban J connectivity index is 1.68. The molecule has 2 N–H and O–H groups in total. The van der Waals surface area contributed by atoms with Crippen molar-refractivity contribution in [1.82, 2.24) is 5.32 Å². The van der Waals surface area contributed by atoms with Gasteiger partial charge >= 0.3 is 0 Å². The molecular weight excluding hydrogens is 419 g/mol. The first kappa shape index (κ1) is 22.4. The molecule has 5 nitrogen and oxygen atoms in total. The number of anilines is 1. The standard InChI is InChI=1S/C20H22Cl2N2O3S/c1-13(28-17-7-5-16(6-8-17)24-14(2)25)20(26)23-10-3-11-27-19-9-4-15(21)12-18(19)22/h4-9,12-13H,3,10-11H2,1-2H3,(H,23,26)(H,24,25). The zero-order chi connectivity index (χ0) is 20.5. The number of carbonyl (C=O) groups is 2. The molecule has 0 saturated heterocycles. The minimum Gasteiger partial charge on any atom is -0.492 e. The van der Waals surface area contributed by atoms with Crippen LogP contribution in [-0.4, -0.2) is 30.2 Å². The van der Waals surface area contributed by atoms with E-state index in [1.54, 1.807) is 18.2 Å². The van der Waals surface area contributed by atoms with Crippen LogP contribution in [-0.2, 0) is 9.59 Å². The summed E-state index contributed by atoms with van der Waals surface area (Å²) < 4.78 is 5.59. The Morgan fingerprint density at radius 2 is 1.86 bits per heavy atom. The van der Waals surface area contributed by atoms with Crippen LogP contribution in [0.15, 0.2) is 47.4 Å². The summed E-state index contributed by atoms with van der Waals surface area (Å²) >= 11 is 13.3. The van der Waals surface area contributed by atoms with Gasteiger partial charge in [-0.05, 0) is 55.8 Å². The largest absolute Gasteiger partial charge is 0.492 e. The molecule has 0 aromatic heterocycles. The van der Waals surface area contributed by atoms with Gasteiger partial charge in [0.15, 0.2) is 0 Å². The smallest absolute Gasteiger partial charge is 0.233 e. The van der Waals surface area contributed by atoms with Crippen LogP contribution in [0.4, 0.5) is 5.69 Å². The molecule has 8 heteroatoms. The van der Waals surface area contributed by atoms with Gasteiger partial charge < -0.3 is 15.4 Å². The second-order valence-corrected chi connectivity index (χ2v) is 8.29. The summed E-state index contributed by atoms with van der Waals surface area (Å²) in [5, 5.41) is 6.39. The van der Waals surface area contributed by atoms with Crippen molar-refractivity contribution in [2.24, 2.45) is 0 Å². The van der Waals surface area contributed by atoms with Crippen LogP contribution in [0.5, 0.6) is 5.75 Å². The molecule has 1 unspecified atom stereocenters. The van der Waals surface area contributed by atoms with Crippen molar-refractivity contribution < 1.29 is 14.3 Å². The number of rotatable bonds is 9. The molecule has 0 aliphatic rings. The number of hydrogen-bond acceptors (Lipinski definition) is 4. The van der Waals surface area contributed by atoms with Crippen molar-refractivity contribution in [1.29, 1.82) is 0 Å². The topological polar surface area (TPSA) is 67.4 Å². The van der Waals surface area contributed by atoms with E-state index >= 15 is 0 Å². The molecule has 0 aliphatic carbocycles. The Morgan fingerprint density at radius 1 is 1.14 bits per heavy atom. The summed E-state index contributed by atoms with van der Waals surface area (Å²) in [6.45, 7) is 4.26. The van der Waals surface area contributed by atoms with E-state index in [-0.39, 0.29) is 17.1 Å². The number of amides is 2. The monoisotopic (exact) mass is 440 g/mol. The van der Waals surface area contributed by atoms with Crippen LogP contribution >= 0.6 is 35.0 Å². The third-order valence-corrected chi connectivity index (χ3v) is 5.27. The fourth-order valence-corrected chi connectivity index (χ4v) is 3.63. The number of benzene rings is 2. The average molecular weight is 441 g/mol. The molecule has 2 rings (SSSR count). The lowest BCUT2D eigenvalue weighted by molar-refractivity contribution is -0.120. The van der Waals surface area contributed by atoms with Crippen molar-refractivity contribution in [2.45, 2.75) is 30.4 Å². The van der Waals surface area contributed by atoms with E-state index in [4.69, 9.17) is 27.9 Å². The highest BCUT2D eigenvalue weighted by Gasteiger charge is 2.14. The Kier molecular flexibility index (Phi) is 8.96. The summed E-state index contributed by atoms with van der Waals surface area (Å²) in [7, 11) is 0. The first-order valence-electron chi connectivity index (χ1n) is 8.75. The number of halogens is 2. The summed E-state index contributed by atoms with van der Waals surface area (Å²) in [5.74, 6) is 0.417. The molecule has 0 fully saturated rings. The van der Waals surface area contributed by atoms with Gasteiger partial charge in [0.1, 0.15) is 5.75 Å². The third-order valence-electron chi connectivity index (χ3n) is 3.63. The molecule has 0 spiro atoms. The van der Waals surface area contributed by atoms with Gasteiger partial charge in [-0.1, -0.05) is 23.2 Å². The maximum absolute atomic E-state index is 12.2. The molecular formula is C20H22Cl2N2O3S. The number of thioether (sulfide) groups is 1. The van der Waals surface area contributed by atoms with Gasteiger partial charge in [0.25, 0.3) is 0 Å². The molecule has 0 bridgehead atoms. The zero-order valence-electron chi connectivity index (χ0n) is 15.6. The average Bonchev–Trinajstić information content (AvgIpc) is 2.64. The van der Waals surface area contributed by atoms with Crippen molar-refractivity contribution in [3.63, 3.8) is 0 Å². The maximum atomic E-state index is 12.2. The number of hydrogen-bond donors (Lipinski definition) is 2. The van der Waals surface area contributed by atoms with E-state index in [0.29, 0.717) is 35.4 Å². The molecule has 0 radical (unpaired) electrons. The number of nitrogens with one attached hydrogen (secondary N) is 2. The van der Waals surface area contributed by atoms with Crippen molar-refractivity contribution >= 4 is 52.5 Å². The molecule has 0 heterocycles. The second kappa shape index (κ2) is 11.2. The van der Waals surface area contributed by atoms with E-state index < -0.39 is 0 Å². The summed E-state index contributed by atoms with van der Waals surface area (Å²) in [6.07, 6.45) is 0.660. The predicted octanol–water partition coefficient (Wildman–Crippen LogP) is 5.02. The van der Waals surface area contributed by atoms with Crippen LogP contribution in [0, 0.1) is 0 Å². The highest BCUT2D eigenvalue weighted by atomic mass is 35.5. The fraction of sp³-hybridized carbons (Fsp3) is 0.300. The highest BCUT2D eigenvalue weighted by Crippen LogP contribution is 2.27. The van der Waals surface area contributed by atoms with Gasteiger partial charge in [-0.2, -0.15) is 0 Å². The second-order valence-electron chi connectivity index (χ2n) is 6.03. The Labute approximate surface area is 179 Å². The van der Waals surface area contributed by atoms with Gasteiger partial charge in [0, 0.05) is 29.1 Å². The van der Waals surface area contributed by atoms with Gasteiger partial charge in [0.05, 0.1) is 16.9 Å². The summed E-state index contributed by atoms with van der Waals surface area (Å²) in [5.41, 5.74) is 0.731. The summed E-state index contributed by atoms with van der Waals surface area (Å²) in [4.78, 5) is 24.2. The van der Waals surface area contributed by atoms with Crippen LogP contribution in [0.25, 0.3) is 0 Å². The quantitative estimate of drug-likeness (QED) is 0.424. The lowest BCUT2D eigenvalue weighted by Crippen LogP contribution is -2.32. The van der Waals surface area contributed by atoms with E-state index in [2.05, 4.69) is 10.6 Å². The molecule has 28 heavy (non-hydrogen) atoms. The predicted molar refractivity (Wildman–Crippen MR) is 116 cm³/mol. The van der Waals surface area contributed by atoms with Gasteiger partial charge in [0.2, 0.25) is 11.8 Å². The minimum absolute atomic E-state index is 0.0412. The molecule has 2 aromatic carbocycles. The minimum atomic E-state index is -0.238. The number of ether oxygens (including phenoxy) is 1. The van der Waals surface area contributed by atoms with Gasteiger partial charge in [-0.25, -0.2) is 0 Å². The van der Waals surface area contributed by atoms with Crippen LogP contribution in [0.1, 0.15) is 20.3 Å². The van der Waals surface area contributed by atoms with Gasteiger partial charge in [-0.15, -0.1) is 11.8 Å². The maximum Gasteiger partial charge on any atom is 0.233 e. The molecule has 0 aliphatic heterocycles. The highest BCUT2D eigenvalue weighted by molar-refractivity contribution is 8.00. The SMILES string of the molecule is CC(=O)Nc1ccc(SC(C)C(=O)NCCCOc2ccc(Cl)cc2Cl)cc1. The summed E-state index contributed by atoms with van der Waals surface area (Å²) in [6, 6.07) is 12.4. The first-order valence-corrected chi connectivity index (χ1v) is 10.4. The normalized spacial score (nSPS) is 11.6. The molecule has 150 valence electrons. The van der Waals surface area contributed by atoms with Crippen molar-refractivity contribution in [3.8, 4) is 5.75 Å². The van der Waals surface area contributed by atoms with Crippen LogP contribution < -0.4 is 15.4 Å². The lowest BCUT2D eigenvalue weighted by Gasteiger charge is -2.13. The molecule has 2 aromatic rings. The van der Waals surface area contributed by atoms with Crippen molar-refractivity contribution in [2.75, 3.05) is 18.5 Å². The Hall–Kier alpha value is -1.89. The van der Waals surface area contributed by atoms with Crippen LogP contribution in [0.3, 0.4) is 0 Å². The Morgan fingerprint density at radius 3 is 2.50 bits per heavy atom. The van der Waals surface area contributed by atoms with E-state index in [1.807, 2.05) is 31.2 Å². The third kappa shape index (κ3) is 7.62. The first-order chi connectivity index (χ1) is 13.3. The fourth-order valence-electron chi connectivity index (χ4n) is 2.28. The Bertz CT molecular complexity index is 816. The van der Waals surface area contributed by atoms with E-state index in [1.165, 1.54) is 18.7 Å². The zero-order valence-corrected chi connectivity index (χ0v) is 18.0. The van der Waals surface area contributed by atoms with Crippen LogP contribution in [0.2, 0.25) is 10.0 Å². The van der Waals surface area contributed by atoms with E-state index in [9.17, 15) is 9.59 Å². The lowest BCUT2D eigenvalue weighted by atomic mass is 10.3. The van der Waals surface area contributed by atoms with Crippen molar-refractivity contribution in [3.05, 3.63) is 52.5 Å². The van der Waals surface area contributed by atoms with Gasteiger partial charge in [-0.3, -0.25) is 9.59 Å².